The van der Waals surface area contributed by atoms with Gasteiger partial charge in [0.05, 0.1) is 6.04 Å². The maximum Gasteiger partial charge on any atom is 0.408 e. The number of amides is 1. The standard InChI is InChI=1S/C23H29FN2O4/c1-14(2)10-16(26(22(27)28)23(3,4)5)13-29-17-6-7-18-19(11-17)30-12-15-8-9-25-21(24)20(15)18/h6-9,11,14,16H,10,12-13H2,1-5H3,(H,27,28)/t16-/m0/s1. The number of halogens is 1. The molecule has 1 aliphatic rings. The smallest absolute Gasteiger partial charge is 0.408 e. The fourth-order valence-electron chi connectivity index (χ4n) is 3.93. The van der Waals surface area contributed by atoms with Gasteiger partial charge in [0.2, 0.25) is 5.95 Å². The Kier molecular flexibility index (Phi) is 6.19. The van der Waals surface area contributed by atoms with E-state index >= 15 is 0 Å². The molecule has 1 aromatic heterocycles. The third kappa shape index (κ3) is 4.66. The van der Waals surface area contributed by atoms with Gasteiger partial charge in [0.1, 0.15) is 24.7 Å². The van der Waals surface area contributed by atoms with Crippen LogP contribution in [0.1, 0.15) is 46.6 Å². The lowest BCUT2D eigenvalue weighted by molar-refractivity contribution is 0.0433. The molecule has 0 saturated carbocycles. The zero-order chi connectivity index (χ0) is 22.1. The van der Waals surface area contributed by atoms with Gasteiger partial charge in [0.15, 0.2) is 0 Å². The van der Waals surface area contributed by atoms with Crippen molar-refractivity contribution >= 4 is 6.09 Å². The Hall–Kier alpha value is -2.83. The topological polar surface area (TPSA) is 71.9 Å². The number of benzene rings is 1. The lowest BCUT2D eigenvalue weighted by Crippen LogP contribution is -2.53. The highest BCUT2D eigenvalue weighted by molar-refractivity contribution is 5.75. The number of carboxylic acid groups (broad SMARTS) is 1. The van der Waals surface area contributed by atoms with Crippen molar-refractivity contribution in [3.05, 3.63) is 42.0 Å². The fraction of sp³-hybridized carbons (Fsp3) is 0.478. The summed E-state index contributed by atoms with van der Waals surface area (Å²) in [5, 5.41) is 9.78. The zero-order valence-corrected chi connectivity index (χ0v) is 18.1. The molecule has 0 aliphatic carbocycles. The zero-order valence-electron chi connectivity index (χ0n) is 18.1. The highest BCUT2D eigenvalue weighted by Crippen LogP contribution is 2.40. The molecule has 0 saturated heterocycles. The predicted octanol–water partition coefficient (Wildman–Crippen LogP) is 5.35. The van der Waals surface area contributed by atoms with E-state index < -0.39 is 17.6 Å². The summed E-state index contributed by atoms with van der Waals surface area (Å²) >= 11 is 0. The summed E-state index contributed by atoms with van der Waals surface area (Å²) in [7, 11) is 0. The normalized spacial score (nSPS) is 13.8. The quantitative estimate of drug-likeness (QED) is 0.643. The second-order valence-electron chi connectivity index (χ2n) is 9.00. The number of fused-ring (bicyclic) bond motifs is 3. The van der Waals surface area contributed by atoms with E-state index in [4.69, 9.17) is 9.47 Å². The summed E-state index contributed by atoms with van der Waals surface area (Å²) in [6.07, 6.45) is 1.14. The Labute approximate surface area is 176 Å². The average Bonchev–Trinajstić information content (AvgIpc) is 2.64. The average molecular weight is 416 g/mol. The largest absolute Gasteiger partial charge is 0.491 e. The lowest BCUT2D eigenvalue weighted by atomic mass is 9.97. The van der Waals surface area contributed by atoms with Crippen molar-refractivity contribution in [3.8, 4) is 22.6 Å². The second kappa shape index (κ2) is 8.50. The van der Waals surface area contributed by atoms with Gasteiger partial charge in [-0.1, -0.05) is 13.8 Å². The number of hydrogen-bond acceptors (Lipinski definition) is 4. The minimum atomic E-state index is -0.967. The third-order valence-corrected chi connectivity index (χ3v) is 5.08. The van der Waals surface area contributed by atoms with Gasteiger partial charge in [0, 0.05) is 34.5 Å². The lowest BCUT2D eigenvalue weighted by Gasteiger charge is -2.40. The molecule has 1 amide bonds. The van der Waals surface area contributed by atoms with Gasteiger partial charge in [0.25, 0.3) is 0 Å². The molecule has 1 aromatic carbocycles. The highest BCUT2D eigenvalue weighted by atomic mass is 19.1. The summed E-state index contributed by atoms with van der Waals surface area (Å²) in [6, 6.07) is 6.66. The molecule has 0 unspecified atom stereocenters. The van der Waals surface area contributed by atoms with Crippen molar-refractivity contribution in [2.24, 2.45) is 5.92 Å². The van der Waals surface area contributed by atoms with E-state index in [0.717, 1.165) is 5.56 Å². The number of hydrogen-bond donors (Lipinski definition) is 1. The molecule has 2 heterocycles. The number of nitrogens with zero attached hydrogens (tertiary/aromatic N) is 2. The molecule has 1 N–H and O–H groups in total. The number of pyridine rings is 1. The monoisotopic (exact) mass is 416 g/mol. The molecule has 7 heteroatoms. The van der Waals surface area contributed by atoms with E-state index in [2.05, 4.69) is 18.8 Å². The van der Waals surface area contributed by atoms with E-state index in [1.807, 2.05) is 20.8 Å². The van der Waals surface area contributed by atoms with Crippen LogP contribution < -0.4 is 9.47 Å². The predicted molar refractivity (Wildman–Crippen MR) is 112 cm³/mol. The van der Waals surface area contributed by atoms with Gasteiger partial charge in [-0.15, -0.1) is 0 Å². The Bertz CT molecular complexity index is 924. The molecule has 0 spiro atoms. The van der Waals surface area contributed by atoms with E-state index in [9.17, 15) is 14.3 Å². The van der Waals surface area contributed by atoms with Crippen molar-refractivity contribution < 1.29 is 23.8 Å². The second-order valence-corrected chi connectivity index (χ2v) is 9.00. The first-order valence-corrected chi connectivity index (χ1v) is 10.1. The third-order valence-electron chi connectivity index (χ3n) is 5.08. The highest BCUT2D eigenvalue weighted by Gasteiger charge is 2.34. The van der Waals surface area contributed by atoms with Crippen molar-refractivity contribution in [2.45, 2.75) is 59.2 Å². The summed E-state index contributed by atoms with van der Waals surface area (Å²) in [5.74, 6) is 0.861. The minimum Gasteiger partial charge on any atom is -0.491 e. The first-order chi connectivity index (χ1) is 14.1. The first kappa shape index (κ1) is 21.9. The molecule has 0 bridgehead atoms. The van der Waals surface area contributed by atoms with Gasteiger partial charge in [-0.2, -0.15) is 4.39 Å². The van der Waals surface area contributed by atoms with E-state index in [0.29, 0.717) is 35.0 Å². The molecule has 3 rings (SSSR count). The Morgan fingerprint density at radius 1 is 1.33 bits per heavy atom. The van der Waals surface area contributed by atoms with Crippen molar-refractivity contribution in [1.82, 2.24) is 9.88 Å². The fourth-order valence-corrected chi connectivity index (χ4v) is 3.93. The van der Waals surface area contributed by atoms with Crippen LogP contribution in [0, 0.1) is 11.9 Å². The Balaban J connectivity index is 1.82. The van der Waals surface area contributed by atoms with Crippen LogP contribution >= 0.6 is 0 Å². The SMILES string of the molecule is CC(C)C[C@@H](COc1ccc2c(c1)OCc1ccnc(F)c1-2)N(C(=O)O)C(C)(C)C. The van der Waals surface area contributed by atoms with Gasteiger partial charge < -0.3 is 14.6 Å². The molecule has 1 atom stereocenters. The van der Waals surface area contributed by atoms with Crippen LogP contribution in [0.2, 0.25) is 0 Å². The minimum absolute atomic E-state index is 0.215. The van der Waals surface area contributed by atoms with E-state index in [1.165, 1.54) is 11.1 Å². The maximum absolute atomic E-state index is 14.2. The number of ether oxygens (including phenoxy) is 2. The summed E-state index contributed by atoms with van der Waals surface area (Å²) in [6.45, 7) is 10.2. The molecule has 162 valence electrons. The molecular weight excluding hydrogens is 387 g/mol. The van der Waals surface area contributed by atoms with Crippen LogP contribution in [0.3, 0.4) is 0 Å². The van der Waals surface area contributed by atoms with Gasteiger partial charge in [-0.25, -0.2) is 9.78 Å². The van der Waals surface area contributed by atoms with Gasteiger partial charge >= 0.3 is 6.09 Å². The summed E-state index contributed by atoms with van der Waals surface area (Å²) < 4.78 is 26.0. The van der Waals surface area contributed by atoms with Crippen LogP contribution in [0.15, 0.2) is 30.5 Å². The first-order valence-electron chi connectivity index (χ1n) is 10.1. The molecular formula is C23H29FN2O4. The molecule has 6 nitrogen and oxygen atoms in total. The number of aromatic nitrogens is 1. The van der Waals surface area contributed by atoms with Crippen LogP contribution in [-0.2, 0) is 6.61 Å². The Morgan fingerprint density at radius 2 is 2.07 bits per heavy atom. The molecule has 1 aliphatic heterocycles. The van der Waals surface area contributed by atoms with Gasteiger partial charge in [-0.3, -0.25) is 4.90 Å². The maximum atomic E-state index is 14.2. The summed E-state index contributed by atoms with van der Waals surface area (Å²) in [5.41, 5.74) is 1.28. The van der Waals surface area contributed by atoms with Crippen LogP contribution in [0.25, 0.3) is 11.1 Å². The Morgan fingerprint density at radius 3 is 2.70 bits per heavy atom. The molecule has 0 fully saturated rings. The number of carbonyl (C=O) groups is 1. The molecule has 30 heavy (non-hydrogen) atoms. The van der Waals surface area contributed by atoms with Crippen LogP contribution in [0.5, 0.6) is 11.5 Å². The van der Waals surface area contributed by atoms with Crippen molar-refractivity contribution in [3.63, 3.8) is 0 Å². The number of rotatable bonds is 6. The van der Waals surface area contributed by atoms with E-state index in [-0.39, 0.29) is 19.3 Å². The van der Waals surface area contributed by atoms with Crippen LogP contribution in [-0.4, -0.2) is 39.3 Å². The van der Waals surface area contributed by atoms with Crippen molar-refractivity contribution in [2.75, 3.05) is 6.61 Å². The van der Waals surface area contributed by atoms with Crippen molar-refractivity contribution in [1.29, 1.82) is 0 Å². The summed E-state index contributed by atoms with van der Waals surface area (Å²) in [4.78, 5) is 17.1. The van der Waals surface area contributed by atoms with Crippen LogP contribution in [0.4, 0.5) is 9.18 Å². The molecule has 0 radical (unpaired) electrons. The van der Waals surface area contributed by atoms with E-state index in [1.54, 1.807) is 24.3 Å². The van der Waals surface area contributed by atoms with Gasteiger partial charge in [-0.05, 0) is 51.3 Å². The molecule has 2 aromatic rings.